The van der Waals surface area contributed by atoms with Gasteiger partial charge < -0.3 is 4.90 Å². The Morgan fingerprint density at radius 1 is 0.308 bits per heavy atom. The van der Waals surface area contributed by atoms with E-state index in [4.69, 9.17) is 0 Å². The Kier molecular flexibility index (Phi) is 6.91. The average Bonchev–Trinajstić information content (AvgIpc) is 3.66. The van der Waals surface area contributed by atoms with Crippen molar-refractivity contribution >= 4 is 17.1 Å². The highest BCUT2D eigenvalue weighted by Gasteiger charge is 2.46. The molecule has 0 saturated heterocycles. The topological polar surface area (TPSA) is 3.24 Å². The molecule has 1 nitrogen and oxygen atoms in total. The molecular weight excluding hydrogens is 627 g/mol. The molecule has 2 aliphatic rings. The standard InChI is InChI=1S/C51H37N/c1-50(36-18-6-2-7-19-36)46-28-16-14-26-42(46)44-32-30-40(34-48(44)50)52(39-24-12-5-13-25-39)41-31-33-45-43-27-15-17-29-47(43)51(49(45)35-41,37-20-8-3-9-21-37)38-22-10-4-11-23-38/h2-35H,1H3. The van der Waals surface area contributed by atoms with Crippen LogP contribution in [0.2, 0.25) is 0 Å². The Morgan fingerprint density at radius 2 is 0.712 bits per heavy atom. The van der Waals surface area contributed by atoms with Crippen molar-refractivity contribution in [3.63, 3.8) is 0 Å². The van der Waals surface area contributed by atoms with Gasteiger partial charge in [0.15, 0.2) is 0 Å². The summed E-state index contributed by atoms with van der Waals surface area (Å²) < 4.78 is 0. The lowest BCUT2D eigenvalue weighted by Crippen LogP contribution is -2.28. The first-order chi connectivity index (χ1) is 25.7. The van der Waals surface area contributed by atoms with Crippen LogP contribution in [0.1, 0.15) is 45.9 Å². The molecule has 246 valence electrons. The van der Waals surface area contributed by atoms with E-state index in [1.807, 2.05) is 0 Å². The smallest absolute Gasteiger partial charge is 0.0714 e. The fourth-order valence-corrected chi connectivity index (χ4v) is 9.30. The van der Waals surface area contributed by atoms with Gasteiger partial charge in [-0.05, 0) is 105 Å². The molecule has 0 saturated carbocycles. The molecule has 0 N–H and O–H groups in total. The number of benzene rings is 8. The van der Waals surface area contributed by atoms with Gasteiger partial charge in [0.05, 0.1) is 5.41 Å². The van der Waals surface area contributed by atoms with E-state index in [0.717, 1.165) is 17.1 Å². The minimum Gasteiger partial charge on any atom is -0.310 e. The molecule has 8 aromatic carbocycles. The molecule has 1 atom stereocenters. The minimum absolute atomic E-state index is 0.291. The van der Waals surface area contributed by atoms with Crippen LogP contribution in [0.15, 0.2) is 206 Å². The van der Waals surface area contributed by atoms with Gasteiger partial charge in [0.25, 0.3) is 0 Å². The summed E-state index contributed by atoms with van der Waals surface area (Å²) in [7, 11) is 0. The van der Waals surface area contributed by atoms with Gasteiger partial charge in [-0.15, -0.1) is 0 Å². The Bertz CT molecular complexity index is 2530. The van der Waals surface area contributed by atoms with E-state index in [1.165, 1.54) is 61.2 Å². The Labute approximate surface area is 306 Å². The molecule has 0 fully saturated rings. The van der Waals surface area contributed by atoms with Crippen molar-refractivity contribution in [2.75, 3.05) is 4.90 Å². The monoisotopic (exact) mass is 663 g/mol. The zero-order valence-corrected chi connectivity index (χ0v) is 29.1. The summed E-state index contributed by atoms with van der Waals surface area (Å²) in [4.78, 5) is 2.44. The second-order valence-electron chi connectivity index (χ2n) is 14.2. The van der Waals surface area contributed by atoms with Crippen molar-refractivity contribution in [3.8, 4) is 22.3 Å². The van der Waals surface area contributed by atoms with E-state index in [9.17, 15) is 0 Å². The molecule has 1 heteroatoms. The molecule has 2 aliphatic carbocycles. The third kappa shape index (κ3) is 4.29. The van der Waals surface area contributed by atoms with Gasteiger partial charge in [-0.3, -0.25) is 0 Å². The van der Waals surface area contributed by atoms with Gasteiger partial charge in [-0.1, -0.05) is 170 Å². The van der Waals surface area contributed by atoms with Crippen molar-refractivity contribution in [3.05, 3.63) is 245 Å². The maximum atomic E-state index is 2.46. The first-order valence-electron chi connectivity index (χ1n) is 18.2. The molecule has 0 heterocycles. The second-order valence-corrected chi connectivity index (χ2v) is 14.2. The average molecular weight is 664 g/mol. The lowest BCUT2D eigenvalue weighted by atomic mass is 9.67. The van der Waals surface area contributed by atoms with E-state index in [0.29, 0.717) is 0 Å². The molecule has 8 aromatic rings. The third-order valence-corrected chi connectivity index (χ3v) is 11.6. The van der Waals surface area contributed by atoms with Crippen LogP contribution in [0.5, 0.6) is 0 Å². The van der Waals surface area contributed by atoms with Crippen LogP contribution in [-0.2, 0) is 10.8 Å². The van der Waals surface area contributed by atoms with Crippen molar-refractivity contribution in [2.24, 2.45) is 0 Å². The summed E-state index contributed by atoms with van der Waals surface area (Å²) in [5.41, 5.74) is 16.9. The largest absolute Gasteiger partial charge is 0.310 e. The predicted octanol–water partition coefficient (Wildman–Crippen LogP) is 12.9. The minimum atomic E-state index is -0.474. The molecule has 52 heavy (non-hydrogen) atoms. The SMILES string of the molecule is CC1(c2ccccc2)c2ccccc2-c2ccc(N(c3ccccc3)c3ccc4c(c3)C(c3ccccc3)(c3ccccc3)c3ccccc3-4)cc21. The van der Waals surface area contributed by atoms with Crippen LogP contribution in [-0.4, -0.2) is 0 Å². The number of nitrogens with zero attached hydrogens (tertiary/aromatic N) is 1. The quantitative estimate of drug-likeness (QED) is 0.171. The number of rotatable bonds is 6. The van der Waals surface area contributed by atoms with Crippen LogP contribution < -0.4 is 4.90 Å². The summed E-state index contributed by atoms with van der Waals surface area (Å²) in [6, 6.07) is 76.0. The second kappa shape index (κ2) is 11.8. The molecule has 0 spiro atoms. The number of hydrogen-bond acceptors (Lipinski definition) is 1. The van der Waals surface area contributed by atoms with Crippen LogP contribution in [0, 0.1) is 0 Å². The van der Waals surface area contributed by atoms with E-state index in [2.05, 4.69) is 218 Å². The first-order valence-corrected chi connectivity index (χ1v) is 18.2. The first kappa shape index (κ1) is 30.4. The fraction of sp³-hybridized carbons (Fsp3) is 0.0588. The zero-order chi connectivity index (χ0) is 34.7. The molecule has 1 unspecified atom stereocenters. The molecule has 10 rings (SSSR count). The van der Waals surface area contributed by atoms with Crippen LogP contribution >= 0.6 is 0 Å². The van der Waals surface area contributed by atoms with E-state index in [-0.39, 0.29) is 5.41 Å². The lowest BCUT2D eigenvalue weighted by molar-refractivity contribution is 0.714. The summed E-state index contributed by atoms with van der Waals surface area (Å²) >= 11 is 0. The number of fused-ring (bicyclic) bond motifs is 6. The molecular formula is C51H37N. The van der Waals surface area contributed by atoms with Gasteiger partial charge in [0.2, 0.25) is 0 Å². The molecule has 0 aromatic heterocycles. The van der Waals surface area contributed by atoms with Crippen molar-refractivity contribution < 1.29 is 0 Å². The van der Waals surface area contributed by atoms with Gasteiger partial charge in [-0.25, -0.2) is 0 Å². The van der Waals surface area contributed by atoms with Gasteiger partial charge in [0, 0.05) is 22.5 Å². The molecule has 0 radical (unpaired) electrons. The number of hydrogen-bond donors (Lipinski definition) is 0. The Balaban J connectivity index is 1.23. The van der Waals surface area contributed by atoms with Crippen LogP contribution in [0.4, 0.5) is 17.1 Å². The number of para-hydroxylation sites is 1. The highest BCUT2D eigenvalue weighted by Crippen LogP contribution is 2.58. The highest BCUT2D eigenvalue weighted by atomic mass is 15.1. The predicted molar refractivity (Wildman–Crippen MR) is 216 cm³/mol. The summed E-state index contributed by atoms with van der Waals surface area (Å²) in [6.07, 6.45) is 0. The lowest BCUT2D eigenvalue weighted by Gasteiger charge is -2.35. The Hall–Kier alpha value is -6.44. The van der Waals surface area contributed by atoms with Gasteiger partial charge >= 0.3 is 0 Å². The normalized spacial score (nSPS) is 16.0. The van der Waals surface area contributed by atoms with Crippen molar-refractivity contribution in [1.29, 1.82) is 0 Å². The maximum Gasteiger partial charge on any atom is 0.0714 e. The number of anilines is 3. The zero-order valence-electron chi connectivity index (χ0n) is 29.1. The van der Waals surface area contributed by atoms with Crippen LogP contribution in [0.25, 0.3) is 22.3 Å². The Morgan fingerprint density at radius 3 is 1.29 bits per heavy atom. The summed E-state index contributed by atoms with van der Waals surface area (Å²) in [5.74, 6) is 0. The molecule has 0 aliphatic heterocycles. The summed E-state index contributed by atoms with van der Waals surface area (Å²) in [5, 5.41) is 0. The molecule has 0 amide bonds. The van der Waals surface area contributed by atoms with Crippen molar-refractivity contribution in [2.45, 2.75) is 17.8 Å². The highest BCUT2D eigenvalue weighted by molar-refractivity contribution is 5.91. The van der Waals surface area contributed by atoms with Gasteiger partial charge in [-0.2, -0.15) is 0 Å². The summed E-state index contributed by atoms with van der Waals surface area (Å²) in [6.45, 7) is 2.39. The van der Waals surface area contributed by atoms with E-state index < -0.39 is 5.41 Å². The van der Waals surface area contributed by atoms with Crippen molar-refractivity contribution in [1.82, 2.24) is 0 Å². The van der Waals surface area contributed by atoms with Crippen LogP contribution in [0.3, 0.4) is 0 Å². The third-order valence-electron chi connectivity index (χ3n) is 11.6. The molecule has 0 bridgehead atoms. The fourth-order valence-electron chi connectivity index (χ4n) is 9.30. The maximum absolute atomic E-state index is 2.46. The van der Waals surface area contributed by atoms with E-state index in [1.54, 1.807) is 0 Å². The van der Waals surface area contributed by atoms with E-state index >= 15 is 0 Å². The van der Waals surface area contributed by atoms with Gasteiger partial charge in [0.1, 0.15) is 0 Å².